The number of rotatable bonds is 7. The maximum absolute atomic E-state index is 13.0. The number of halogens is 1. The Morgan fingerprint density at radius 1 is 0.806 bits per heavy atom. The number of anilines is 1. The molecule has 1 heterocycles. The van der Waals surface area contributed by atoms with Gasteiger partial charge in [0.05, 0.1) is 0 Å². The van der Waals surface area contributed by atoms with Crippen LogP contribution in [0.5, 0.6) is 0 Å². The van der Waals surface area contributed by atoms with Crippen LogP contribution >= 0.6 is 11.8 Å². The van der Waals surface area contributed by atoms with Crippen LogP contribution in [0.15, 0.2) is 90.1 Å². The van der Waals surface area contributed by atoms with Crippen LogP contribution < -0.4 is 5.32 Å². The van der Waals surface area contributed by atoms with Gasteiger partial charge in [-0.25, -0.2) is 9.37 Å². The number of amides is 1. The Morgan fingerprint density at radius 3 is 2.06 bits per heavy atom. The third-order valence-electron chi connectivity index (χ3n) is 4.45. The molecule has 0 unspecified atom stereocenters. The maximum Gasteiger partial charge on any atom is 0.225 e. The predicted molar refractivity (Wildman–Crippen MR) is 121 cm³/mol. The molecule has 0 aliphatic heterocycles. The average Bonchev–Trinajstić information content (AvgIpc) is 2.82. The van der Waals surface area contributed by atoms with E-state index in [0.29, 0.717) is 22.3 Å². The molecule has 0 fully saturated rings. The van der Waals surface area contributed by atoms with Crippen molar-refractivity contribution in [3.63, 3.8) is 0 Å². The molecule has 0 saturated heterocycles. The minimum Gasteiger partial charge on any atom is -0.326 e. The molecule has 4 rings (SSSR count). The van der Waals surface area contributed by atoms with Gasteiger partial charge in [-0.1, -0.05) is 72.4 Å². The molecule has 5 nitrogen and oxygen atoms in total. The lowest BCUT2D eigenvalue weighted by Gasteiger charge is -2.09. The number of nitrogens with one attached hydrogen (secondary N) is 1. The van der Waals surface area contributed by atoms with E-state index in [1.165, 1.54) is 36.0 Å². The first-order valence-corrected chi connectivity index (χ1v) is 10.7. The van der Waals surface area contributed by atoms with E-state index in [-0.39, 0.29) is 18.1 Å². The summed E-state index contributed by atoms with van der Waals surface area (Å²) in [7, 11) is 0. The fourth-order valence-corrected chi connectivity index (χ4v) is 3.68. The molecule has 0 bridgehead atoms. The molecule has 4 aromatic rings. The summed E-state index contributed by atoms with van der Waals surface area (Å²) in [6.45, 7) is 0. The minimum atomic E-state index is -0.341. The highest BCUT2D eigenvalue weighted by molar-refractivity contribution is 7.99. The second-order valence-electron chi connectivity index (χ2n) is 6.68. The van der Waals surface area contributed by atoms with Crippen molar-refractivity contribution < 1.29 is 9.18 Å². The lowest BCUT2D eigenvalue weighted by Crippen LogP contribution is -2.12. The van der Waals surface area contributed by atoms with E-state index in [0.717, 1.165) is 16.8 Å². The third kappa shape index (κ3) is 5.52. The summed E-state index contributed by atoms with van der Waals surface area (Å²) in [4.78, 5) is 16.9. The summed E-state index contributed by atoms with van der Waals surface area (Å²) >= 11 is 1.37. The van der Waals surface area contributed by atoms with Gasteiger partial charge in [-0.3, -0.25) is 4.79 Å². The average molecular weight is 431 g/mol. The zero-order valence-electron chi connectivity index (χ0n) is 16.5. The van der Waals surface area contributed by atoms with Gasteiger partial charge in [-0.05, 0) is 24.3 Å². The number of hydrogen-bond donors (Lipinski definition) is 1. The highest BCUT2D eigenvalue weighted by Crippen LogP contribution is 2.29. The van der Waals surface area contributed by atoms with Gasteiger partial charge in [-0.2, -0.15) is 0 Å². The minimum absolute atomic E-state index is 0.156. The van der Waals surface area contributed by atoms with E-state index >= 15 is 0 Å². The first-order chi connectivity index (χ1) is 15.2. The molecule has 0 spiro atoms. The molecule has 7 heteroatoms. The smallest absolute Gasteiger partial charge is 0.225 e. The molecule has 0 aliphatic rings. The standard InChI is InChI=1S/C24H19FN4OS/c25-19-11-13-20(14-12-19)26-21(30)15-16-31-24-27-22(17-7-3-1-4-8-17)23(28-29-24)18-9-5-2-6-10-18/h1-14H,15-16H2,(H,26,30). The van der Waals surface area contributed by atoms with Crippen molar-refractivity contribution in [3.8, 4) is 22.5 Å². The lowest BCUT2D eigenvalue weighted by atomic mass is 10.0. The summed E-state index contributed by atoms with van der Waals surface area (Å²) in [5, 5.41) is 11.9. The summed E-state index contributed by atoms with van der Waals surface area (Å²) < 4.78 is 13.0. The van der Waals surface area contributed by atoms with Crippen molar-refractivity contribution in [3.05, 3.63) is 90.7 Å². The number of thioether (sulfide) groups is 1. The topological polar surface area (TPSA) is 67.8 Å². The second kappa shape index (κ2) is 9.95. The van der Waals surface area contributed by atoms with E-state index in [1.807, 2.05) is 60.7 Å². The molecule has 1 amide bonds. The highest BCUT2D eigenvalue weighted by Gasteiger charge is 2.14. The number of carbonyl (C=O) groups is 1. The normalized spacial score (nSPS) is 10.6. The second-order valence-corrected chi connectivity index (χ2v) is 7.74. The zero-order chi connectivity index (χ0) is 21.5. The number of benzene rings is 3. The van der Waals surface area contributed by atoms with E-state index in [9.17, 15) is 9.18 Å². The Morgan fingerprint density at radius 2 is 1.42 bits per heavy atom. The molecule has 1 N–H and O–H groups in total. The third-order valence-corrected chi connectivity index (χ3v) is 5.29. The van der Waals surface area contributed by atoms with Crippen LogP contribution in [-0.4, -0.2) is 26.8 Å². The van der Waals surface area contributed by atoms with Gasteiger partial charge in [-0.15, -0.1) is 10.2 Å². The quantitative estimate of drug-likeness (QED) is 0.394. The Hall–Kier alpha value is -3.58. The van der Waals surface area contributed by atoms with Crippen LogP contribution in [0.4, 0.5) is 10.1 Å². The lowest BCUT2D eigenvalue weighted by molar-refractivity contribution is -0.115. The van der Waals surface area contributed by atoms with Gasteiger partial charge < -0.3 is 5.32 Å². The summed E-state index contributed by atoms with van der Waals surface area (Å²) in [6, 6.07) is 25.3. The highest BCUT2D eigenvalue weighted by atomic mass is 32.2. The maximum atomic E-state index is 13.0. The van der Waals surface area contributed by atoms with Crippen molar-refractivity contribution in [2.24, 2.45) is 0 Å². The Balaban J connectivity index is 1.46. The van der Waals surface area contributed by atoms with Gasteiger partial charge in [0.25, 0.3) is 0 Å². The van der Waals surface area contributed by atoms with Crippen LogP contribution in [-0.2, 0) is 4.79 Å². The summed E-state index contributed by atoms with van der Waals surface area (Å²) in [5.74, 6) is -0.00389. The molecule has 0 saturated carbocycles. The van der Waals surface area contributed by atoms with Crippen LogP contribution in [0.3, 0.4) is 0 Å². The van der Waals surface area contributed by atoms with Gasteiger partial charge in [0.1, 0.15) is 17.2 Å². The Bertz CT molecular complexity index is 1160. The fraction of sp³-hybridized carbons (Fsp3) is 0.0833. The van der Waals surface area contributed by atoms with Crippen LogP contribution in [0.25, 0.3) is 22.5 Å². The Kier molecular flexibility index (Phi) is 6.64. The Labute approximate surface area is 183 Å². The van der Waals surface area contributed by atoms with Gasteiger partial charge in [0.2, 0.25) is 11.1 Å². The molecular weight excluding hydrogens is 411 g/mol. The van der Waals surface area contributed by atoms with Crippen molar-refractivity contribution in [1.82, 2.24) is 15.2 Å². The number of aromatic nitrogens is 3. The van der Waals surface area contributed by atoms with E-state index < -0.39 is 0 Å². The molecule has 31 heavy (non-hydrogen) atoms. The molecule has 1 aromatic heterocycles. The first kappa shape index (κ1) is 20.7. The summed E-state index contributed by atoms with van der Waals surface area (Å²) in [6.07, 6.45) is 0.270. The molecule has 154 valence electrons. The van der Waals surface area contributed by atoms with Gasteiger partial charge >= 0.3 is 0 Å². The number of carbonyl (C=O) groups excluding carboxylic acids is 1. The molecular formula is C24H19FN4OS. The number of nitrogens with zero attached hydrogens (tertiary/aromatic N) is 3. The molecule has 0 atom stereocenters. The van der Waals surface area contributed by atoms with Crippen molar-refractivity contribution >= 4 is 23.4 Å². The predicted octanol–water partition coefficient (Wildman–Crippen LogP) is 5.47. The van der Waals surface area contributed by atoms with Crippen LogP contribution in [0.1, 0.15) is 6.42 Å². The number of hydrogen-bond acceptors (Lipinski definition) is 5. The SMILES string of the molecule is O=C(CCSc1nnc(-c2ccccc2)c(-c2ccccc2)n1)Nc1ccc(F)cc1. The van der Waals surface area contributed by atoms with Crippen LogP contribution in [0, 0.1) is 5.82 Å². The first-order valence-electron chi connectivity index (χ1n) is 9.73. The van der Waals surface area contributed by atoms with E-state index in [4.69, 9.17) is 4.98 Å². The molecule has 0 radical (unpaired) electrons. The molecule has 0 aliphatic carbocycles. The zero-order valence-corrected chi connectivity index (χ0v) is 17.3. The summed E-state index contributed by atoms with van der Waals surface area (Å²) in [5.41, 5.74) is 3.92. The van der Waals surface area contributed by atoms with E-state index in [2.05, 4.69) is 15.5 Å². The molecule has 3 aromatic carbocycles. The largest absolute Gasteiger partial charge is 0.326 e. The fourth-order valence-electron chi connectivity index (χ4n) is 2.95. The van der Waals surface area contributed by atoms with Crippen molar-refractivity contribution in [2.45, 2.75) is 11.6 Å². The van der Waals surface area contributed by atoms with E-state index in [1.54, 1.807) is 0 Å². The monoisotopic (exact) mass is 430 g/mol. The van der Waals surface area contributed by atoms with Crippen LogP contribution in [0.2, 0.25) is 0 Å². The van der Waals surface area contributed by atoms with Gasteiger partial charge in [0, 0.05) is 29.0 Å². The van der Waals surface area contributed by atoms with Crippen molar-refractivity contribution in [2.75, 3.05) is 11.1 Å². The van der Waals surface area contributed by atoms with Gasteiger partial charge in [0.15, 0.2) is 0 Å². The van der Waals surface area contributed by atoms with Crippen molar-refractivity contribution in [1.29, 1.82) is 0 Å².